The molecule has 0 aliphatic carbocycles. The molecule has 0 N–H and O–H groups in total. The number of amides is 1. The first-order valence-electron chi connectivity index (χ1n) is 9.48. The van der Waals surface area contributed by atoms with Crippen molar-refractivity contribution in [2.75, 3.05) is 17.9 Å². The molecule has 0 radical (unpaired) electrons. The van der Waals surface area contributed by atoms with Gasteiger partial charge in [0.2, 0.25) is 0 Å². The molecule has 7 heteroatoms. The van der Waals surface area contributed by atoms with Crippen molar-refractivity contribution in [3.63, 3.8) is 0 Å². The average Bonchev–Trinajstić information content (AvgIpc) is 3.13. The van der Waals surface area contributed by atoms with Gasteiger partial charge >= 0.3 is 0 Å². The molecule has 150 valence electrons. The summed E-state index contributed by atoms with van der Waals surface area (Å²) in [6.07, 6.45) is 2.33. The van der Waals surface area contributed by atoms with E-state index in [0.29, 0.717) is 24.2 Å². The fraction of sp³-hybridized carbons (Fsp3) is 0.381. The second kappa shape index (κ2) is 8.13. The van der Waals surface area contributed by atoms with Crippen molar-refractivity contribution in [1.82, 2.24) is 4.90 Å². The number of benzene rings is 2. The van der Waals surface area contributed by atoms with Crippen LogP contribution in [0.4, 0.5) is 5.69 Å². The highest BCUT2D eigenvalue weighted by atomic mass is 35.5. The third-order valence-electron chi connectivity index (χ3n) is 5.40. The molecule has 1 amide bonds. The number of nitrogens with zero attached hydrogens (tertiary/aromatic N) is 2. The Hall–Kier alpha value is -2.05. The van der Waals surface area contributed by atoms with Crippen LogP contribution in [-0.4, -0.2) is 38.9 Å². The summed E-state index contributed by atoms with van der Waals surface area (Å²) >= 11 is 6.26. The van der Waals surface area contributed by atoms with Crippen molar-refractivity contribution in [2.45, 2.75) is 44.0 Å². The van der Waals surface area contributed by atoms with Crippen LogP contribution in [0.3, 0.4) is 0 Å². The van der Waals surface area contributed by atoms with Crippen LogP contribution in [0.15, 0.2) is 47.4 Å². The Kier molecular flexibility index (Phi) is 6.01. The largest absolute Gasteiger partial charge is 0.339 e. The van der Waals surface area contributed by atoms with E-state index in [0.717, 1.165) is 18.4 Å². The Morgan fingerprint density at radius 2 is 1.86 bits per heavy atom. The molecule has 0 spiro atoms. The first kappa shape index (κ1) is 20.7. The van der Waals surface area contributed by atoms with Gasteiger partial charge in [-0.1, -0.05) is 43.6 Å². The number of anilines is 1. The van der Waals surface area contributed by atoms with E-state index in [1.807, 2.05) is 32.0 Å². The molecule has 28 heavy (non-hydrogen) atoms. The van der Waals surface area contributed by atoms with Crippen LogP contribution in [0, 0.1) is 0 Å². The van der Waals surface area contributed by atoms with Crippen molar-refractivity contribution in [3.05, 3.63) is 58.6 Å². The molecule has 0 bridgehead atoms. The molecule has 2 aromatic carbocycles. The van der Waals surface area contributed by atoms with Crippen molar-refractivity contribution in [1.29, 1.82) is 0 Å². The van der Waals surface area contributed by atoms with Gasteiger partial charge in [0.05, 0.1) is 10.7 Å². The van der Waals surface area contributed by atoms with Crippen LogP contribution >= 0.6 is 11.6 Å². The number of carbonyl (C=O) groups excluding carboxylic acids is 1. The molecule has 0 fully saturated rings. The molecule has 0 unspecified atom stereocenters. The van der Waals surface area contributed by atoms with Crippen molar-refractivity contribution < 1.29 is 13.2 Å². The topological polar surface area (TPSA) is 57.7 Å². The van der Waals surface area contributed by atoms with Gasteiger partial charge in [0.15, 0.2) is 0 Å². The fourth-order valence-corrected chi connectivity index (χ4v) is 5.72. The molecule has 2 aromatic rings. The van der Waals surface area contributed by atoms with Gasteiger partial charge in [-0.25, -0.2) is 8.42 Å². The molecule has 1 aliphatic rings. The summed E-state index contributed by atoms with van der Waals surface area (Å²) in [6.45, 7) is 4.42. The van der Waals surface area contributed by atoms with Crippen LogP contribution < -0.4 is 4.31 Å². The number of halogens is 1. The Bertz CT molecular complexity index is 987. The summed E-state index contributed by atoms with van der Waals surface area (Å²) in [5.74, 6) is -0.205. The van der Waals surface area contributed by atoms with E-state index in [-0.39, 0.29) is 21.9 Å². The first-order chi connectivity index (χ1) is 13.3. The van der Waals surface area contributed by atoms with Crippen LogP contribution in [0.25, 0.3) is 0 Å². The van der Waals surface area contributed by atoms with E-state index < -0.39 is 10.0 Å². The molecule has 0 saturated carbocycles. The van der Waals surface area contributed by atoms with Gasteiger partial charge < -0.3 is 4.90 Å². The van der Waals surface area contributed by atoms with Crippen molar-refractivity contribution >= 4 is 33.2 Å². The highest BCUT2D eigenvalue weighted by Gasteiger charge is 2.33. The standard InChI is InChI=1S/C21H25ClN2O3S/c1-4-17(5-2)23(3)21(25)16-10-11-18(22)20(14-16)28(26,27)24-13-12-15-8-6-7-9-19(15)24/h6-11,14,17H,4-5,12-13H2,1-3H3. The smallest absolute Gasteiger partial charge is 0.265 e. The quantitative estimate of drug-likeness (QED) is 0.697. The van der Waals surface area contributed by atoms with Crippen molar-refractivity contribution in [2.24, 2.45) is 0 Å². The number of rotatable bonds is 6. The molecule has 3 rings (SSSR count). The Balaban J connectivity index is 1.99. The highest BCUT2D eigenvalue weighted by molar-refractivity contribution is 7.93. The summed E-state index contributed by atoms with van der Waals surface area (Å²) in [7, 11) is -2.12. The third kappa shape index (κ3) is 3.63. The van der Waals surface area contributed by atoms with Crippen LogP contribution in [0.5, 0.6) is 0 Å². The van der Waals surface area contributed by atoms with E-state index in [1.165, 1.54) is 16.4 Å². The van der Waals surface area contributed by atoms with E-state index in [1.54, 1.807) is 24.1 Å². The molecule has 1 heterocycles. The third-order valence-corrected chi connectivity index (χ3v) is 7.70. The van der Waals surface area contributed by atoms with E-state index in [9.17, 15) is 13.2 Å². The van der Waals surface area contributed by atoms with E-state index in [4.69, 9.17) is 11.6 Å². The number of hydrogen-bond acceptors (Lipinski definition) is 3. The van der Waals surface area contributed by atoms with Gasteiger partial charge in [-0.3, -0.25) is 9.10 Å². The maximum absolute atomic E-state index is 13.3. The molecule has 0 aromatic heterocycles. The fourth-order valence-electron chi connectivity index (χ4n) is 3.72. The highest BCUT2D eigenvalue weighted by Crippen LogP contribution is 2.35. The lowest BCUT2D eigenvalue weighted by Crippen LogP contribution is -2.36. The molecular formula is C21H25ClN2O3S. The maximum Gasteiger partial charge on any atom is 0.265 e. The second-order valence-corrected chi connectivity index (χ2v) is 9.23. The lowest BCUT2D eigenvalue weighted by molar-refractivity contribution is 0.0723. The SMILES string of the molecule is CCC(CC)N(C)C(=O)c1ccc(Cl)c(S(=O)(=O)N2CCc3ccccc32)c1. The Labute approximate surface area is 172 Å². The van der Waals surface area contributed by atoms with Gasteiger partial charge in [0.1, 0.15) is 4.90 Å². The number of carbonyl (C=O) groups is 1. The molecule has 5 nitrogen and oxygen atoms in total. The lowest BCUT2D eigenvalue weighted by Gasteiger charge is -2.27. The van der Waals surface area contributed by atoms with Crippen LogP contribution in [-0.2, 0) is 16.4 Å². The Morgan fingerprint density at radius 1 is 1.18 bits per heavy atom. The average molecular weight is 421 g/mol. The summed E-state index contributed by atoms with van der Waals surface area (Å²) in [5, 5.41) is 0.117. The van der Waals surface area contributed by atoms with Gasteiger partial charge in [-0.05, 0) is 49.1 Å². The molecular weight excluding hydrogens is 396 g/mol. The molecule has 1 aliphatic heterocycles. The summed E-state index contributed by atoms with van der Waals surface area (Å²) in [6, 6.07) is 12.0. The van der Waals surface area contributed by atoms with Gasteiger partial charge in [0.25, 0.3) is 15.9 Å². The zero-order valence-corrected chi connectivity index (χ0v) is 17.9. The number of para-hydroxylation sites is 1. The zero-order chi connectivity index (χ0) is 20.5. The monoisotopic (exact) mass is 420 g/mol. The number of fused-ring (bicyclic) bond motifs is 1. The summed E-state index contributed by atoms with van der Waals surface area (Å²) < 4.78 is 28.0. The Morgan fingerprint density at radius 3 is 2.54 bits per heavy atom. The number of sulfonamides is 1. The van der Waals surface area contributed by atoms with Gasteiger partial charge in [0, 0.05) is 25.2 Å². The van der Waals surface area contributed by atoms with E-state index >= 15 is 0 Å². The number of hydrogen-bond donors (Lipinski definition) is 0. The molecule has 0 saturated heterocycles. The minimum Gasteiger partial charge on any atom is -0.339 e. The lowest BCUT2D eigenvalue weighted by atomic mass is 10.1. The van der Waals surface area contributed by atoms with Crippen LogP contribution in [0.2, 0.25) is 5.02 Å². The minimum absolute atomic E-state index is 0.0327. The predicted molar refractivity (Wildman–Crippen MR) is 113 cm³/mol. The minimum atomic E-state index is -3.87. The normalized spacial score (nSPS) is 13.7. The second-order valence-electron chi connectivity index (χ2n) is 6.99. The predicted octanol–water partition coefficient (Wildman–Crippen LogP) is 4.35. The molecule has 0 atom stereocenters. The summed E-state index contributed by atoms with van der Waals surface area (Å²) in [4.78, 5) is 14.5. The first-order valence-corrected chi connectivity index (χ1v) is 11.3. The summed E-state index contributed by atoms with van der Waals surface area (Å²) in [5.41, 5.74) is 1.98. The van der Waals surface area contributed by atoms with Gasteiger partial charge in [-0.2, -0.15) is 0 Å². The van der Waals surface area contributed by atoms with Crippen molar-refractivity contribution in [3.8, 4) is 0 Å². The van der Waals surface area contributed by atoms with E-state index in [2.05, 4.69) is 0 Å². The van der Waals surface area contributed by atoms with Gasteiger partial charge in [-0.15, -0.1) is 0 Å². The van der Waals surface area contributed by atoms with Crippen LogP contribution in [0.1, 0.15) is 42.6 Å². The zero-order valence-electron chi connectivity index (χ0n) is 16.4. The maximum atomic E-state index is 13.3.